The Labute approximate surface area is 171 Å². The summed E-state index contributed by atoms with van der Waals surface area (Å²) < 4.78 is 0.619. The number of amides is 2. The van der Waals surface area contributed by atoms with Gasteiger partial charge in [0, 0.05) is 29.3 Å². The third-order valence-electron chi connectivity index (χ3n) is 4.57. The molecular weight excluding hydrogens is 392 g/mol. The zero-order valence-electron chi connectivity index (χ0n) is 16.0. The molecule has 0 aliphatic heterocycles. The number of carbonyl (C=O) groups excluding carboxylic acids is 2. The zero-order valence-corrected chi connectivity index (χ0v) is 16.8. The SMILES string of the molecule is CCC(CC)C(=O)Nc1ccc(C(=O)Nc2nc3ccc([N+](=O)[O-])cc3s2)cc1. The molecule has 8 nitrogen and oxygen atoms in total. The monoisotopic (exact) mass is 412 g/mol. The summed E-state index contributed by atoms with van der Waals surface area (Å²) in [5, 5.41) is 16.8. The van der Waals surface area contributed by atoms with Gasteiger partial charge in [0.15, 0.2) is 5.13 Å². The number of benzene rings is 2. The molecule has 9 heteroatoms. The smallest absolute Gasteiger partial charge is 0.270 e. The molecule has 0 atom stereocenters. The highest BCUT2D eigenvalue weighted by molar-refractivity contribution is 7.22. The summed E-state index contributed by atoms with van der Waals surface area (Å²) in [4.78, 5) is 39.3. The van der Waals surface area contributed by atoms with Crippen LogP contribution in [-0.4, -0.2) is 21.7 Å². The van der Waals surface area contributed by atoms with E-state index in [-0.39, 0.29) is 23.4 Å². The van der Waals surface area contributed by atoms with Gasteiger partial charge < -0.3 is 5.32 Å². The first kappa shape index (κ1) is 20.4. The van der Waals surface area contributed by atoms with Gasteiger partial charge in [-0.25, -0.2) is 4.98 Å². The van der Waals surface area contributed by atoms with E-state index in [2.05, 4.69) is 15.6 Å². The molecular formula is C20H20N4O4S. The molecule has 0 aliphatic carbocycles. The van der Waals surface area contributed by atoms with Crippen LogP contribution in [0.2, 0.25) is 0 Å². The van der Waals surface area contributed by atoms with Crippen LogP contribution in [0.4, 0.5) is 16.5 Å². The van der Waals surface area contributed by atoms with E-state index in [1.165, 1.54) is 23.5 Å². The zero-order chi connectivity index (χ0) is 21.0. The second-order valence-electron chi connectivity index (χ2n) is 6.46. The van der Waals surface area contributed by atoms with E-state index in [1.54, 1.807) is 30.3 Å². The van der Waals surface area contributed by atoms with E-state index in [0.29, 0.717) is 26.6 Å². The summed E-state index contributed by atoms with van der Waals surface area (Å²) in [7, 11) is 0. The molecule has 1 heterocycles. The molecule has 2 amide bonds. The van der Waals surface area contributed by atoms with Gasteiger partial charge in [0.2, 0.25) is 5.91 Å². The van der Waals surface area contributed by atoms with E-state index in [4.69, 9.17) is 0 Å². The summed E-state index contributed by atoms with van der Waals surface area (Å²) in [5.74, 6) is -0.417. The van der Waals surface area contributed by atoms with E-state index < -0.39 is 4.92 Å². The second kappa shape index (κ2) is 8.78. The number of fused-ring (bicyclic) bond motifs is 1. The molecule has 3 rings (SSSR count). The predicted octanol–water partition coefficient (Wildman–Crippen LogP) is 4.83. The minimum atomic E-state index is -0.471. The number of aromatic nitrogens is 1. The Hall–Kier alpha value is -3.33. The number of nitro benzene ring substituents is 1. The molecule has 2 N–H and O–H groups in total. The Kier molecular flexibility index (Phi) is 6.18. The van der Waals surface area contributed by atoms with Crippen molar-refractivity contribution in [2.45, 2.75) is 26.7 Å². The van der Waals surface area contributed by atoms with Crippen molar-refractivity contribution in [2.24, 2.45) is 5.92 Å². The number of rotatable bonds is 7. The van der Waals surface area contributed by atoms with E-state index in [9.17, 15) is 19.7 Å². The number of non-ortho nitro benzene ring substituents is 1. The summed E-state index contributed by atoms with van der Waals surface area (Å²) in [6, 6.07) is 11.0. The van der Waals surface area contributed by atoms with Crippen molar-refractivity contribution in [3.05, 3.63) is 58.1 Å². The van der Waals surface area contributed by atoms with Crippen molar-refractivity contribution in [3.8, 4) is 0 Å². The highest BCUT2D eigenvalue weighted by Crippen LogP contribution is 2.29. The number of nitrogens with one attached hydrogen (secondary N) is 2. The maximum absolute atomic E-state index is 12.5. The van der Waals surface area contributed by atoms with Crippen LogP contribution in [0.3, 0.4) is 0 Å². The molecule has 0 aliphatic rings. The maximum atomic E-state index is 12.5. The Bertz CT molecular complexity index is 1060. The minimum absolute atomic E-state index is 0.0231. The number of thiazole rings is 1. The first-order chi connectivity index (χ1) is 13.9. The number of carbonyl (C=O) groups is 2. The Balaban J connectivity index is 1.68. The van der Waals surface area contributed by atoms with Crippen molar-refractivity contribution in [1.29, 1.82) is 0 Å². The van der Waals surface area contributed by atoms with Crippen LogP contribution >= 0.6 is 11.3 Å². The topological polar surface area (TPSA) is 114 Å². The van der Waals surface area contributed by atoms with Crippen molar-refractivity contribution >= 4 is 49.9 Å². The van der Waals surface area contributed by atoms with Gasteiger partial charge in [-0.1, -0.05) is 25.2 Å². The Morgan fingerprint density at radius 3 is 2.41 bits per heavy atom. The van der Waals surface area contributed by atoms with Gasteiger partial charge in [-0.15, -0.1) is 0 Å². The third-order valence-corrected chi connectivity index (χ3v) is 5.51. The lowest BCUT2D eigenvalue weighted by atomic mass is 10.0. The molecule has 0 fully saturated rings. The van der Waals surface area contributed by atoms with Crippen LogP contribution in [0.15, 0.2) is 42.5 Å². The summed E-state index contributed by atoms with van der Waals surface area (Å²) in [6.45, 7) is 3.95. The Morgan fingerprint density at radius 1 is 1.10 bits per heavy atom. The first-order valence-electron chi connectivity index (χ1n) is 9.18. The van der Waals surface area contributed by atoms with Crippen LogP contribution in [-0.2, 0) is 4.79 Å². The Morgan fingerprint density at radius 2 is 1.79 bits per heavy atom. The fraction of sp³-hybridized carbons (Fsp3) is 0.250. The number of hydrogen-bond acceptors (Lipinski definition) is 6. The molecule has 3 aromatic rings. The van der Waals surface area contributed by atoms with Crippen LogP contribution in [0.5, 0.6) is 0 Å². The van der Waals surface area contributed by atoms with Gasteiger partial charge in [-0.2, -0.15) is 0 Å². The van der Waals surface area contributed by atoms with Crippen LogP contribution in [0.1, 0.15) is 37.0 Å². The van der Waals surface area contributed by atoms with Crippen molar-refractivity contribution in [3.63, 3.8) is 0 Å². The van der Waals surface area contributed by atoms with Gasteiger partial charge >= 0.3 is 0 Å². The number of anilines is 2. The molecule has 0 bridgehead atoms. The quantitative estimate of drug-likeness (QED) is 0.426. The van der Waals surface area contributed by atoms with Crippen LogP contribution < -0.4 is 10.6 Å². The lowest BCUT2D eigenvalue weighted by Gasteiger charge is -2.13. The molecule has 29 heavy (non-hydrogen) atoms. The molecule has 0 unspecified atom stereocenters. The maximum Gasteiger partial charge on any atom is 0.270 e. The molecule has 1 aromatic heterocycles. The van der Waals surface area contributed by atoms with E-state index in [0.717, 1.165) is 12.8 Å². The van der Waals surface area contributed by atoms with Gasteiger partial charge in [-0.3, -0.25) is 25.0 Å². The molecule has 0 spiro atoms. The first-order valence-corrected chi connectivity index (χ1v) is 10.00. The summed E-state index contributed by atoms with van der Waals surface area (Å²) >= 11 is 1.17. The summed E-state index contributed by atoms with van der Waals surface area (Å²) in [6.07, 6.45) is 1.54. The number of nitrogens with zero attached hydrogens (tertiary/aromatic N) is 2. The largest absolute Gasteiger partial charge is 0.326 e. The summed E-state index contributed by atoms with van der Waals surface area (Å²) in [5.41, 5.74) is 1.60. The van der Waals surface area contributed by atoms with Gasteiger partial charge in [-0.05, 0) is 43.2 Å². The number of nitro groups is 1. The molecule has 0 saturated carbocycles. The van der Waals surface area contributed by atoms with Gasteiger partial charge in [0.1, 0.15) is 0 Å². The van der Waals surface area contributed by atoms with Crippen molar-refractivity contribution in [1.82, 2.24) is 4.98 Å². The molecule has 0 radical (unpaired) electrons. The molecule has 150 valence electrons. The van der Waals surface area contributed by atoms with Gasteiger partial charge in [0.25, 0.3) is 11.6 Å². The van der Waals surface area contributed by atoms with E-state index >= 15 is 0 Å². The van der Waals surface area contributed by atoms with Crippen molar-refractivity contribution < 1.29 is 14.5 Å². The second-order valence-corrected chi connectivity index (χ2v) is 7.49. The number of hydrogen-bond donors (Lipinski definition) is 2. The average Bonchev–Trinajstić information content (AvgIpc) is 3.10. The highest BCUT2D eigenvalue weighted by Gasteiger charge is 2.15. The van der Waals surface area contributed by atoms with Crippen molar-refractivity contribution in [2.75, 3.05) is 10.6 Å². The average molecular weight is 412 g/mol. The third kappa shape index (κ3) is 4.75. The lowest BCUT2D eigenvalue weighted by Crippen LogP contribution is -2.21. The fourth-order valence-corrected chi connectivity index (χ4v) is 3.75. The van der Waals surface area contributed by atoms with Crippen LogP contribution in [0.25, 0.3) is 10.2 Å². The minimum Gasteiger partial charge on any atom is -0.326 e. The van der Waals surface area contributed by atoms with Gasteiger partial charge in [0.05, 0.1) is 15.1 Å². The van der Waals surface area contributed by atoms with Crippen LogP contribution in [0, 0.1) is 16.0 Å². The fourth-order valence-electron chi connectivity index (χ4n) is 2.86. The highest BCUT2D eigenvalue weighted by atomic mass is 32.1. The predicted molar refractivity (Wildman–Crippen MR) is 113 cm³/mol. The molecule has 0 saturated heterocycles. The molecule has 2 aromatic carbocycles. The lowest BCUT2D eigenvalue weighted by molar-refractivity contribution is -0.384. The van der Waals surface area contributed by atoms with E-state index in [1.807, 2.05) is 13.8 Å². The normalized spacial score (nSPS) is 10.9. The standard InChI is InChI=1S/C20H20N4O4S/c1-3-12(4-2)18(25)21-14-7-5-13(6-8-14)19(26)23-20-22-16-10-9-15(24(27)28)11-17(16)29-20/h5-12H,3-4H2,1-2H3,(H,21,25)(H,22,23,26).